The van der Waals surface area contributed by atoms with E-state index >= 15 is 0 Å². The predicted octanol–water partition coefficient (Wildman–Crippen LogP) is 7.17. The molecule has 0 radical (unpaired) electrons. The molecule has 0 fully saturated rings. The summed E-state index contributed by atoms with van der Waals surface area (Å²) in [5, 5.41) is 0. The monoisotopic (exact) mass is 550 g/mol. The Balaban J connectivity index is 1.83. The summed E-state index contributed by atoms with van der Waals surface area (Å²) >= 11 is 0. The zero-order valence-electron chi connectivity index (χ0n) is 22.9. The zero-order chi connectivity index (χ0) is 28.1. The van der Waals surface area contributed by atoms with Crippen LogP contribution in [-0.2, 0) is 25.4 Å². The van der Waals surface area contributed by atoms with E-state index in [0.29, 0.717) is 12.8 Å². The minimum atomic E-state index is -4.64. The van der Waals surface area contributed by atoms with Crippen molar-refractivity contribution in [2.75, 3.05) is 6.61 Å². The third-order valence-electron chi connectivity index (χ3n) is 7.01. The van der Waals surface area contributed by atoms with Gasteiger partial charge in [0.1, 0.15) is 18.0 Å². The fourth-order valence-corrected chi connectivity index (χ4v) is 4.90. The molecule has 6 nitrogen and oxygen atoms in total. The van der Waals surface area contributed by atoms with Crippen LogP contribution in [0.4, 0.5) is 13.2 Å². The molecule has 0 N–H and O–H groups in total. The quantitative estimate of drug-likeness (QED) is 0.131. The van der Waals surface area contributed by atoms with E-state index in [1.54, 1.807) is 18.2 Å². The molecule has 2 aliphatic rings. The van der Waals surface area contributed by atoms with Crippen LogP contribution in [0, 0.1) is 5.92 Å². The molecule has 216 valence electrons. The standard InChI is InChI=1S/C30H41F3N2O4/c1-3-5-7-9-10-14-22-18-19-34-28(35-22)23-16-17-24(39-29(36)25-15-11-13-20-37-25)27(26(23)30(31,32)33)38-21-12-8-6-4-2/h11,13,15-20,23-27H,3-10,12,14,21H2,1-2H3. The maximum absolute atomic E-state index is 14.7. The molecule has 1 aliphatic heterocycles. The Hall–Kier alpha value is -2.68. The molecule has 5 unspecified atom stereocenters. The lowest BCUT2D eigenvalue weighted by atomic mass is 9.79. The lowest BCUT2D eigenvalue weighted by Gasteiger charge is -2.39. The number of unbranched alkanes of at least 4 members (excludes halogenated alkanes) is 7. The molecule has 39 heavy (non-hydrogen) atoms. The molecule has 3 rings (SSSR count). The van der Waals surface area contributed by atoms with Crippen LogP contribution in [-0.4, -0.2) is 47.0 Å². The van der Waals surface area contributed by atoms with Gasteiger partial charge in [0.15, 0.2) is 0 Å². The molecule has 0 spiro atoms. The summed E-state index contributed by atoms with van der Waals surface area (Å²) in [6.07, 6.45) is 11.7. The van der Waals surface area contributed by atoms with E-state index in [0.717, 1.165) is 50.6 Å². The van der Waals surface area contributed by atoms with E-state index in [-0.39, 0.29) is 12.4 Å². The van der Waals surface area contributed by atoms with Crippen LogP contribution >= 0.6 is 0 Å². The highest BCUT2D eigenvalue weighted by Gasteiger charge is 2.55. The molecule has 0 saturated carbocycles. The maximum atomic E-state index is 14.7. The summed E-state index contributed by atoms with van der Waals surface area (Å²) in [5.74, 6) is -3.80. The SMILES string of the molecule is CCCCCCCc1ccnc(C2C=CC(OC(=O)C3C=CC=CO3)C(OCCCCCC)C2C(F)(F)F)n1. The first-order valence-electron chi connectivity index (χ1n) is 14.2. The van der Waals surface area contributed by atoms with Crippen molar-refractivity contribution in [2.24, 2.45) is 5.92 Å². The Morgan fingerprint density at radius 3 is 2.41 bits per heavy atom. The van der Waals surface area contributed by atoms with Crippen LogP contribution in [0.5, 0.6) is 0 Å². The molecular weight excluding hydrogens is 509 g/mol. The second kappa shape index (κ2) is 15.8. The Morgan fingerprint density at radius 2 is 1.72 bits per heavy atom. The van der Waals surface area contributed by atoms with Gasteiger partial charge in [0.25, 0.3) is 0 Å². The lowest BCUT2D eigenvalue weighted by Crippen LogP contribution is -2.50. The fourth-order valence-electron chi connectivity index (χ4n) is 4.90. The van der Waals surface area contributed by atoms with Crippen LogP contribution in [0.2, 0.25) is 0 Å². The molecule has 0 saturated heterocycles. The summed E-state index contributed by atoms with van der Waals surface area (Å²) < 4.78 is 60.7. The molecule has 0 aromatic carbocycles. The molecule has 0 amide bonds. The number of halogens is 3. The highest BCUT2D eigenvalue weighted by molar-refractivity contribution is 5.77. The van der Waals surface area contributed by atoms with Gasteiger partial charge in [0, 0.05) is 18.5 Å². The van der Waals surface area contributed by atoms with Gasteiger partial charge in [-0.25, -0.2) is 14.8 Å². The molecule has 5 atom stereocenters. The first-order chi connectivity index (χ1) is 18.8. The van der Waals surface area contributed by atoms with E-state index < -0.39 is 42.3 Å². The van der Waals surface area contributed by atoms with Gasteiger partial charge < -0.3 is 14.2 Å². The molecule has 1 aromatic rings. The fraction of sp³-hybridized carbons (Fsp3) is 0.633. The lowest BCUT2D eigenvalue weighted by molar-refractivity contribution is -0.229. The van der Waals surface area contributed by atoms with E-state index in [1.807, 2.05) is 0 Å². The molecule has 2 heterocycles. The van der Waals surface area contributed by atoms with Crippen molar-refractivity contribution in [3.05, 3.63) is 60.4 Å². The van der Waals surface area contributed by atoms with Crippen LogP contribution in [0.1, 0.15) is 89.1 Å². The smallest absolute Gasteiger partial charge is 0.395 e. The first kappa shape index (κ1) is 30.9. The number of rotatable bonds is 15. The third kappa shape index (κ3) is 9.48. The Bertz CT molecular complexity index is 979. The number of carbonyl (C=O) groups is 1. The second-order valence-corrected chi connectivity index (χ2v) is 10.1. The summed E-state index contributed by atoms with van der Waals surface area (Å²) in [4.78, 5) is 21.5. The van der Waals surface area contributed by atoms with Gasteiger partial charge in [-0.1, -0.05) is 70.9 Å². The number of hydrogen-bond donors (Lipinski definition) is 0. The number of aromatic nitrogens is 2. The highest BCUT2D eigenvalue weighted by atomic mass is 19.4. The minimum absolute atomic E-state index is 0.104. The summed E-state index contributed by atoms with van der Waals surface area (Å²) in [7, 11) is 0. The van der Waals surface area contributed by atoms with Crippen molar-refractivity contribution in [3.63, 3.8) is 0 Å². The average Bonchev–Trinajstić information content (AvgIpc) is 2.93. The molecule has 9 heteroatoms. The van der Waals surface area contributed by atoms with Crippen LogP contribution in [0.15, 0.2) is 48.9 Å². The molecule has 0 bridgehead atoms. The Kier molecular flexibility index (Phi) is 12.5. The van der Waals surface area contributed by atoms with E-state index in [9.17, 15) is 18.0 Å². The van der Waals surface area contributed by atoms with Crippen molar-refractivity contribution in [3.8, 4) is 0 Å². The van der Waals surface area contributed by atoms with E-state index in [4.69, 9.17) is 14.2 Å². The number of esters is 1. The Labute approximate surface area is 229 Å². The highest BCUT2D eigenvalue weighted by Crippen LogP contribution is 2.45. The van der Waals surface area contributed by atoms with Gasteiger partial charge in [-0.2, -0.15) is 13.2 Å². The van der Waals surface area contributed by atoms with E-state index in [2.05, 4.69) is 23.8 Å². The number of carbonyl (C=O) groups excluding carboxylic acids is 1. The third-order valence-corrected chi connectivity index (χ3v) is 7.01. The van der Waals surface area contributed by atoms with Crippen molar-refractivity contribution in [1.29, 1.82) is 0 Å². The topological polar surface area (TPSA) is 70.5 Å². The number of nitrogens with zero attached hydrogens (tertiary/aromatic N) is 2. The predicted molar refractivity (Wildman–Crippen MR) is 143 cm³/mol. The van der Waals surface area contributed by atoms with Gasteiger partial charge in [-0.15, -0.1) is 0 Å². The normalized spacial score (nSPS) is 24.5. The zero-order valence-corrected chi connectivity index (χ0v) is 22.9. The molecule has 1 aliphatic carbocycles. The van der Waals surface area contributed by atoms with Gasteiger partial charge in [-0.05, 0) is 43.6 Å². The summed E-state index contributed by atoms with van der Waals surface area (Å²) in [6, 6.07) is 1.76. The number of hydrogen-bond acceptors (Lipinski definition) is 6. The number of allylic oxidation sites excluding steroid dienone is 3. The first-order valence-corrected chi connectivity index (χ1v) is 14.2. The molecule has 1 aromatic heterocycles. The van der Waals surface area contributed by atoms with Crippen molar-refractivity contribution >= 4 is 5.97 Å². The summed E-state index contributed by atoms with van der Waals surface area (Å²) in [6.45, 7) is 4.34. The van der Waals surface area contributed by atoms with Crippen LogP contribution in [0.3, 0.4) is 0 Å². The van der Waals surface area contributed by atoms with Gasteiger partial charge in [0.05, 0.1) is 18.1 Å². The van der Waals surface area contributed by atoms with Gasteiger partial charge in [0.2, 0.25) is 6.10 Å². The average molecular weight is 551 g/mol. The number of alkyl halides is 3. The number of ether oxygens (including phenoxy) is 3. The summed E-state index contributed by atoms with van der Waals surface area (Å²) in [5.41, 5.74) is 0.727. The van der Waals surface area contributed by atoms with Crippen LogP contribution < -0.4 is 0 Å². The van der Waals surface area contributed by atoms with Crippen molar-refractivity contribution in [2.45, 2.75) is 108 Å². The largest absolute Gasteiger partial charge is 0.482 e. The Morgan fingerprint density at radius 1 is 0.974 bits per heavy atom. The van der Waals surface area contributed by atoms with Gasteiger partial charge in [-0.3, -0.25) is 0 Å². The second-order valence-electron chi connectivity index (χ2n) is 10.1. The van der Waals surface area contributed by atoms with Crippen molar-refractivity contribution < 1.29 is 32.2 Å². The number of aryl methyl sites for hydroxylation is 1. The van der Waals surface area contributed by atoms with Crippen LogP contribution in [0.25, 0.3) is 0 Å². The van der Waals surface area contributed by atoms with E-state index in [1.165, 1.54) is 37.1 Å². The van der Waals surface area contributed by atoms with Crippen molar-refractivity contribution in [1.82, 2.24) is 9.97 Å². The van der Waals surface area contributed by atoms with Gasteiger partial charge >= 0.3 is 12.1 Å². The molecular formula is C30H41F3N2O4. The maximum Gasteiger partial charge on any atom is 0.395 e. The minimum Gasteiger partial charge on any atom is -0.482 e.